The third kappa shape index (κ3) is 5.83. The van der Waals surface area contributed by atoms with Crippen LogP contribution >= 0.6 is 0 Å². The van der Waals surface area contributed by atoms with Crippen molar-refractivity contribution in [1.29, 1.82) is 0 Å². The summed E-state index contributed by atoms with van der Waals surface area (Å²) >= 11 is 0. The molecule has 0 N–H and O–H groups in total. The van der Waals surface area contributed by atoms with E-state index in [9.17, 15) is 0 Å². The van der Waals surface area contributed by atoms with Crippen LogP contribution in [0.25, 0.3) is 93.9 Å². The molecule has 0 amide bonds. The third-order valence-electron chi connectivity index (χ3n) is 14.0. The average Bonchev–Trinajstić information content (AvgIpc) is 4.00. The molecule has 0 aliphatic heterocycles. The molecule has 3 heteroatoms. The Balaban J connectivity index is 1.05. The standard InChI is InChI=1S/C63H44N2O/c1-63(2)53-26-14-12-25-49(53)61-54(63)27-16-29-57(61)65(46-34-35-47(41-18-6-3-7-19-41)50(40-46)42-20-8-4-9-21-42)58-30-17-31-60-62(58)52-39-44(33-37-59(52)66-60)43-32-36-56-51(38-43)48-24-13-15-28-55(48)64(56)45-22-10-5-11-23-45/h3-40H,1-2H3. The first kappa shape index (κ1) is 38.1. The number of benzene rings is 10. The fourth-order valence-corrected chi connectivity index (χ4v) is 10.9. The van der Waals surface area contributed by atoms with Gasteiger partial charge in [0.25, 0.3) is 0 Å². The van der Waals surface area contributed by atoms with Gasteiger partial charge in [0.15, 0.2) is 0 Å². The fraction of sp³-hybridized carbons (Fsp3) is 0.0476. The van der Waals surface area contributed by atoms with Gasteiger partial charge in [-0.15, -0.1) is 0 Å². The van der Waals surface area contributed by atoms with Crippen LogP contribution in [0.4, 0.5) is 17.1 Å². The first-order chi connectivity index (χ1) is 32.5. The van der Waals surface area contributed by atoms with Crippen LogP contribution in [0.3, 0.4) is 0 Å². The lowest BCUT2D eigenvalue weighted by molar-refractivity contribution is 0.660. The highest BCUT2D eigenvalue weighted by molar-refractivity contribution is 6.16. The number of nitrogens with zero attached hydrogens (tertiary/aromatic N) is 2. The number of para-hydroxylation sites is 2. The van der Waals surface area contributed by atoms with Crippen LogP contribution < -0.4 is 4.90 Å². The molecule has 312 valence electrons. The van der Waals surface area contributed by atoms with Crippen molar-refractivity contribution < 1.29 is 4.42 Å². The molecule has 13 rings (SSSR count). The monoisotopic (exact) mass is 844 g/mol. The van der Waals surface area contributed by atoms with Crippen molar-refractivity contribution in [3.63, 3.8) is 0 Å². The van der Waals surface area contributed by atoms with Gasteiger partial charge in [0, 0.05) is 38.5 Å². The zero-order valence-corrected chi connectivity index (χ0v) is 36.7. The van der Waals surface area contributed by atoms with Crippen LogP contribution in [-0.4, -0.2) is 4.57 Å². The van der Waals surface area contributed by atoms with Gasteiger partial charge in [-0.25, -0.2) is 0 Å². The summed E-state index contributed by atoms with van der Waals surface area (Å²) in [6.45, 7) is 4.72. The van der Waals surface area contributed by atoms with Gasteiger partial charge in [-0.1, -0.05) is 172 Å². The molecule has 2 aromatic heterocycles. The number of hydrogen-bond acceptors (Lipinski definition) is 2. The molecule has 2 heterocycles. The summed E-state index contributed by atoms with van der Waals surface area (Å²) in [5.41, 5.74) is 20.6. The van der Waals surface area contributed by atoms with Crippen molar-refractivity contribution in [2.24, 2.45) is 0 Å². The maximum absolute atomic E-state index is 6.81. The molecule has 0 spiro atoms. The zero-order chi connectivity index (χ0) is 43.9. The fourth-order valence-electron chi connectivity index (χ4n) is 10.9. The van der Waals surface area contributed by atoms with Crippen LogP contribution in [0.5, 0.6) is 0 Å². The van der Waals surface area contributed by atoms with E-state index < -0.39 is 0 Å². The van der Waals surface area contributed by atoms with Gasteiger partial charge in [-0.3, -0.25) is 0 Å². The molecule has 0 unspecified atom stereocenters. The minimum Gasteiger partial charge on any atom is -0.456 e. The number of furan rings is 1. The molecule has 0 radical (unpaired) electrons. The molecule has 1 aliphatic rings. The first-order valence-corrected chi connectivity index (χ1v) is 22.8. The SMILES string of the molecule is CC1(C)c2ccccc2-c2c(N(c3ccc(-c4ccccc4)c(-c4ccccc4)c3)c3cccc4oc5ccc(-c6ccc7c(c6)c6ccccc6n7-c6ccccc6)cc5c34)cccc21. The van der Waals surface area contributed by atoms with Crippen LogP contribution in [0.15, 0.2) is 235 Å². The van der Waals surface area contributed by atoms with Crippen molar-refractivity contribution in [1.82, 2.24) is 4.57 Å². The van der Waals surface area contributed by atoms with Gasteiger partial charge < -0.3 is 13.9 Å². The average molecular weight is 845 g/mol. The predicted octanol–water partition coefficient (Wildman–Crippen LogP) is 17.5. The lowest BCUT2D eigenvalue weighted by Crippen LogP contribution is -2.16. The molecule has 0 atom stereocenters. The smallest absolute Gasteiger partial charge is 0.137 e. The largest absolute Gasteiger partial charge is 0.456 e. The Morgan fingerprint density at radius 1 is 0.394 bits per heavy atom. The van der Waals surface area contributed by atoms with E-state index in [0.29, 0.717) is 0 Å². The molecule has 0 saturated carbocycles. The van der Waals surface area contributed by atoms with E-state index in [4.69, 9.17) is 4.42 Å². The van der Waals surface area contributed by atoms with Crippen molar-refractivity contribution in [3.8, 4) is 50.2 Å². The second kappa shape index (κ2) is 14.8. The summed E-state index contributed by atoms with van der Waals surface area (Å²) in [6.07, 6.45) is 0. The summed E-state index contributed by atoms with van der Waals surface area (Å²) in [5.74, 6) is 0. The highest BCUT2D eigenvalue weighted by Gasteiger charge is 2.38. The van der Waals surface area contributed by atoms with Gasteiger partial charge >= 0.3 is 0 Å². The Kier molecular flexibility index (Phi) is 8.56. The second-order valence-electron chi connectivity index (χ2n) is 18.1. The summed E-state index contributed by atoms with van der Waals surface area (Å²) in [4.78, 5) is 2.49. The number of anilines is 3. The first-order valence-electron chi connectivity index (χ1n) is 22.8. The number of aromatic nitrogens is 1. The molecule has 0 fully saturated rings. The van der Waals surface area contributed by atoms with E-state index in [1.165, 1.54) is 66.3 Å². The summed E-state index contributed by atoms with van der Waals surface area (Å²) in [7, 11) is 0. The van der Waals surface area contributed by atoms with E-state index in [1.54, 1.807) is 0 Å². The third-order valence-corrected chi connectivity index (χ3v) is 14.0. The van der Waals surface area contributed by atoms with Gasteiger partial charge in [-0.2, -0.15) is 0 Å². The quantitative estimate of drug-likeness (QED) is 0.159. The van der Waals surface area contributed by atoms with Crippen LogP contribution in [0.2, 0.25) is 0 Å². The molecular weight excluding hydrogens is 801 g/mol. The minimum absolute atomic E-state index is 0.169. The van der Waals surface area contributed by atoms with E-state index in [0.717, 1.165) is 55.8 Å². The number of fused-ring (bicyclic) bond motifs is 9. The second-order valence-corrected chi connectivity index (χ2v) is 18.1. The predicted molar refractivity (Wildman–Crippen MR) is 277 cm³/mol. The molecule has 3 nitrogen and oxygen atoms in total. The van der Waals surface area contributed by atoms with Crippen LogP contribution in [0, 0.1) is 0 Å². The van der Waals surface area contributed by atoms with E-state index >= 15 is 0 Å². The van der Waals surface area contributed by atoms with Crippen molar-refractivity contribution in [3.05, 3.63) is 242 Å². The van der Waals surface area contributed by atoms with E-state index in [2.05, 4.69) is 254 Å². The Morgan fingerprint density at radius 3 is 1.82 bits per heavy atom. The summed E-state index contributed by atoms with van der Waals surface area (Å²) in [6, 6.07) is 83.8. The van der Waals surface area contributed by atoms with Crippen molar-refractivity contribution >= 4 is 60.8 Å². The molecule has 0 saturated heterocycles. The van der Waals surface area contributed by atoms with Crippen LogP contribution in [-0.2, 0) is 5.41 Å². The maximum Gasteiger partial charge on any atom is 0.137 e. The molecule has 12 aromatic rings. The van der Waals surface area contributed by atoms with Gasteiger partial charge in [0.05, 0.1) is 27.8 Å². The topological polar surface area (TPSA) is 21.3 Å². The lowest BCUT2D eigenvalue weighted by atomic mass is 9.82. The van der Waals surface area contributed by atoms with Gasteiger partial charge in [-0.05, 0) is 123 Å². The van der Waals surface area contributed by atoms with E-state index in [-0.39, 0.29) is 5.41 Å². The Morgan fingerprint density at radius 2 is 1.02 bits per heavy atom. The lowest BCUT2D eigenvalue weighted by Gasteiger charge is -2.30. The van der Waals surface area contributed by atoms with Gasteiger partial charge in [0.2, 0.25) is 0 Å². The highest BCUT2D eigenvalue weighted by Crippen LogP contribution is 2.55. The molecular formula is C63H44N2O. The Hall–Kier alpha value is -8.40. The summed E-state index contributed by atoms with van der Waals surface area (Å²) in [5, 5.41) is 4.62. The van der Waals surface area contributed by atoms with Crippen LogP contribution in [0.1, 0.15) is 25.0 Å². The molecule has 1 aliphatic carbocycles. The van der Waals surface area contributed by atoms with E-state index in [1.807, 2.05) is 0 Å². The Bertz CT molecular complexity index is 3840. The molecule has 10 aromatic carbocycles. The van der Waals surface area contributed by atoms with Crippen molar-refractivity contribution in [2.45, 2.75) is 19.3 Å². The van der Waals surface area contributed by atoms with Crippen molar-refractivity contribution in [2.75, 3.05) is 4.90 Å². The molecule has 66 heavy (non-hydrogen) atoms. The maximum atomic E-state index is 6.81. The highest BCUT2D eigenvalue weighted by atomic mass is 16.3. The number of rotatable bonds is 7. The molecule has 0 bridgehead atoms. The Labute approximate surface area is 384 Å². The minimum atomic E-state index is -0.169. The zero-order valence-electron chi connectivity index (χ0n) is 36.7. The van der Waals surface area contributed by atoms with Gasteiger partial charge in [0.1, 0.15) is 11.2 Å². The number of hydrogen-bond donors (Lipinski definition) is 0. The normalized spacial score (nSPS) is 12.8. The summed E-state index contributed by atoms with van der Waals surface area (Å²) < 4.78 is 9.18.